The molecule has 0 spiro atoms. The first-order valence-electron chi connectivity index (χ1n) is 9.40. The van der Waals surface area contributed by atoms with Gasteiger partial charge in [0.2, 0.25) is 0 Å². The van der Waals surface area contributed by atoms with Gasteiger partial charge in [-0.1, -0.05) is 19.3 Å². The summed E-state index contributed by atoms with van der Waals surface area (Å²) < 4.78 is 2.18. The molecule has 3 aliphatic rings. The number of rotatable bonds is 2. The standard InChI is InChI=1S/C18H28N4O/c23-18(16-14-22-9-5-4-8-17(22)19-16)21-12-10-20(11-13-21)15-6-2-1-3-7-15/h14-15H,1-13H2. The third kappa shape index (κ3) is 3.16. The van der Waals surface area contributed by atoms with E-state index >= 15 is 0 Å². The summed E-state index contributed by atoms with van der Waals surface area (Å²) in [6.07, 6.45) is 12.3. The molecule has 5 heteroatoms. The van der Waals surface area contributed by atoms with Gasteiger partial charge in [0.1, 0.15) is 11.5 Å². The Morgan fingerprint density at radius 2 is 1.74 bits per heavy atom. The molecule has 2 fully saturated rings. The van der Waals surface area contributed by atoms with Crippen LogP contribution in [0.2, 0.25) is 0 Å². The van der Waals surface area contributed by atoms with Crippen LogP contribution < -0.4 is 0 Å². The Balaban J connectivity index is 1.36. The molecule has 1 saturated heterocycles. The predicted molar refractivity (Wildman–Crippen MR) is 89.5 cm³/mol. The van der Waals surface area contributed by atoms with E-state index in [4.69, 9.17) is 0 Å². The van der Waals surface area contributed by atoms with Crippen LogP contribution in [0.25, 0.3) is 0 Å². The second-order valence-electron chi connectivity index (χ2n) is 7.31. The predicted octanol–water partition coefficient (Wildman–Crippen LogP) is 2.31. The topological polar surface area (TPSA) is 41.4 Å². The third-order valence-corrected chi connectivity index (χ3v) is 5.82. The van der Waals surface area contributed by atoms with Crippen molar-refractivity contribution in [3.05, 3.63) is 17.7 Å². The van der Waals surface area contributed by atoms with Crippen LogP contribution in [0.15, 0.2) is 6.20 Å². The minimum atomic E-state index is 0.134. The third-order valence-electron chi connectivity index (χ3n) is 5.82. The quantitative estimate of drug-likeness (QED) is 0.841. The Hall–Kier alpha value is -1.36. The van der Waals surface area contributed by atoms with Gasteiger partial charge in [0.05, 0.1) is 0 Å². The zero-order chi connectivity index (χ0) is 15.6. The minimum absolute atomic E-state index is 0.134. The van der Waals surface area contributed by atoms with Crippen molar-refractivity contribution in [1.82, 2.24) is 19.4 Å². The van der Waals surface area contributed by atoms with Crippen molar-refractivity contribution < 1.29 is 4.79 Å². The number of hydrogen-bond acceptors (Lipinski definition) is 3. The number of aryl methyl sites for hydroxylation is 2. The maximum absolute atomic E-state index is 12.7. The number of carbonyl (C=O) groups is 1. The van der Waals surface area contributed by atoms with E-state index in [-0.39, 0.29) is 5.91 Å². The molecule has 23 heavy (non-hydrogen) atoms. The second kappa shape index (κ2) is 6.63. The van der Waals surface area contributed by atoms with E-state index in [1.165, 1.54) is 44.9 Å². The molecule has 0 atom stereocenters. The molecule has 5 nitrogen and oxygen atoms in total. The number of imidazole rings is 1. The van der Waals surface area contributed by atoms with Crippen molar-refractivity contribution in [2.24, 2.45) is 0 Å². The van der Waals surface area contributed by atoms with Crippen LogP contribution in [0.4, 0.5) is 0 Å². The van der Waals surface area contributed by atoms with Crippen LogP contribution in [-0.4, -0.2) is 57.5 Å². The lowest BCUT2D eigenvalue weighted by atomic mass is 9.94. The fourth-order valence-electron chi connectivity index (χ4n) is 4.41. The van der Waals surface area contributed by atoms with E-state index < -0.39 is 0 Å². The summed E-state index contributed by atoms with van der Waals surface area (Å²) in [5.74, 6) is 1.23. The largest absolute Gasteiger partial charge is 0.335 e. The Kier molecular flexibility index (Phi) is 4.38. The lowest BCUT2D eigenvalue weighted by Gasteiger charge is -2.40. The summed E-state index contributed by atoms with van der Waals surface area (Å²) in [4.78, 5) is 21.9. The van der Waals surface area contributed by atoms with E-state index in [2.05, 4.69) is 14.5 Å². The van der Waals surface area contributed by atoms with E-state index in [0.717, 1.165) is 51.0 Å². The van der Waals surface area contributed by atoms with Crippen molar-refractivity contribution >= 4 is 5.91 Å². The van der Waals surface area contributed by atoms with Crippen LogP contribution in [-0.2, 0) is 13.0 Å². The molecule has 3 heterocycles. The van der Waals surface area contributed by atoms with Gasteiger partial charge in [-0.15, -0.1) is 0 Å². The van der Waals surface area contributed by atoms with E-state index in [9.17, 15) is 4.79 Å². The number of fused-ring (bicyclic) bond motifs is 1. The number of piperazine rings is 1. The number of nitrogens with zero attached hydrogens (tertiary/aromatic N) is 4. The fourth-order valence-corrected chi connectivity index (χ4v) is 4.41. The van der Waals surface area contributed by atoms with Crippen LogP contribution in [0, 0.1) is 0 Å². The van der Waals surface area contributed by atoms with Crippen LogP contribution in [0.3, 0.4) is 0 Å². The van der Waals surface area contributed by atoms with Crippen LogP contribution >= 0.6 is 0 Å². The van der Waals surface area contributed by atoms with Crippen molar-refractivity contribution in [1.29, 1.82) is 0 Å². The summed E-state index contributed by atoms with van der Waals surface area (Å²) in [7, 11) is 0. The SMILES string of the molecule is O=C(c1cn2c(n1)CCCC2)N1CCN(C2CCCCC2)CC1. The Morgan fingerprint density at radius 3 is 2.48 bits per heavy atom. The average Bonchev–Trinajstić information content (AvgIpc) is 3.06. The Labute approximate surface area is 138 Å². The van der Waals surface area contributed by atoms with Gasteiger partial charge in [-0.05, 0) is 25.7 Å². The maximum atomic E-state index is 12.7. The van der Waals surface area contributed by atoms with Crippen molar-refractivity contribution in [3.8, 4) is 0 Å². The van der Waals surface area contributed by atoms with Gasteiger partial charge < -0.3 is 9.47 Å². The molecule has 1 saturated carbocycles. The van der Waals surface area contributed by atoms with E-state index in [1.54, 1.807) is 0 Å². The number of amides is 1. The highest BCUT2D eigenvalue weighted by Gasteiger charge is 2.28. The highest BCUT2D eigenvalue weighted by molar-refractivity contribution is 5.92. The fraction of sp³-hybridized carbons (Fsp3) is 0.778. The van der Waals surface area contributed by atoms with Gasteiger partial charge >= 0.3 is 0 Å². The summed E-state index contributed by atoms with van der Waals surface area (Å²) in [5.41, 5.74) is 0.660. The molecule has 0 aromatic carbocycles. The lowest BCUT2D eigenvalue weighted by molar-refractivity contribution is 0.0518. The molecule has 0 unspecified atom stereocenters. The number of carbonyl (C=O) groups excluding carboxylic acids is 1. The van der Waals surface area contributed by atoms with Crippen molar-refractivity contribution in [3.63, 3.8) is 0 Å². The molecule has 2 aliphatic heterocycles. The molecule has 0 N–H and O–H groups in total. The van der Waals surface area contributed by atoms with Gasteiger partial charge in [-0.25, -0.2) is 4.98 Å². The Bertz CT molecular complexity index is 530. The molecular weight excluding hydrogens is 288 g/mol. The van der Waals surface area contributed by atoms with Gasteiger partial charge in [-0.2, -0.15) is 0 Å². The van der Waals surface area contributed by atoms with Gasteiger partial charge in [0.25, 0.3) is 5.91 Å². The van der Waals surface area contributed by atoms with Crippen molar-refractivity contribution in [2.75, 3.05) is 26.2 Å². The molecular formula is C18H28N4O. The Morgan fingerprint density at radius 1 is 0.957 bits per heavy atom. The van der Waals surface area contributed by atoms with Crippen molar-refractivity contribution in [2.45, 2.75) is 64.0 Å². The van der Waals surface area contributed by atoms with E-state index in [0.29, 0.717) is 5.69 Å². The first-order chi connectivity index (χ1) is 11.3. The normalized spacial score (nSPS) is 23.7. The number of hydrogen-bond donors (Lipinski definition) is 0. The highest BCUT2D eigenvalue weighted by atomic mass is 16.2. The first-order valence-corrected chi connectivity index (χ1v) is 9.40. The molecule has 1 aliphatic carbocycles. The summed E-state index contributed by atoms with van der Waals surface area (Å²) in [6, 6.07) is 0.765. The molecule has 1 amide bonds. The zero-order valence-electron chi connectivity index (χ0n) is 14.0. The average molecular weight is 316 g/mol. The number of aromatic nitrogens is 2. The lowest BCUT2D eigenvalue weighted by Crippen LogP contribution is -2.52. The minimum Gasteiger partial charge on any atom is -0.335 e. The smallest absolute Gasteiger partial charge is 0.274 e. The van der Waals surface area contributed by atoms with Gasteiger partial charge in [0, 0.05) is 51.4 Å². The zero-order valence-corrected chi connectivity index (χ0v) is 14.0. The second-order valence-corrected chi connectivity index (χ2v) is 7.31. The first kappa shape index (κ1) is 15.2. The van der Waals surface area contributed by atoms with Gasteiger partial charge in [0.15, 0.2) is 0 Å². The monoisotopic (exact) mass is 316 g/mol. The summed E-state index contributed by atoms with van der Waals surface area (Å²) in [6.45, 7) is 4.80. The molecule has 0 bridgehead atoms. The molecule has 126 valence electrons. The molecule has 4 rings (SSSR count). The van der Waals surface area contributed by atoms with Crippen LogP contribution in [0.5, 0.6) is 0 Å². The molecule has 1 aromatic heterocycles. The molecule has 0 radical (unpaired) electrons. The summed E-state index contributed by atoms with van der Waals surface area (Å²) in [5, 5.41) is 0. The molecule has 1 aromatic rings. The van der Waals surface area contributed by atoms with Crippen LogP contribution in [0.1, 0.15) is 61.3 Å². The summed E-state index contributed by atoms with van der Waals surface area (Å²) >= 11 is 0. The highest BCUT2D eigenvalue weighted by Crippen LogP contribution is 2.24. The van der Waals surface area contributed by atoms with E-state index in [1.807, 2.05) is 11.1 Å². The maximum Gasteiger partial charge on any atom is 0.274 e. The van der Waals surface area contributed by atoms with Gasteiger partial charge in [-0.3, -0.25) is 9.69 Å².